The number of fused-ring (bicyclic) bond motifs is 7. The number of hydrogen-bond donors (Lipinski definition) is 3. The Morgan fingerprint density at radius 1 is 1.00 bits per heavy atom. The number of halogens is 3. The molecule has 4 saturated carbocycles. The summed E-state index contributed by atoms with van der Waals surface area (Å²) in [5.41, 5.74) is -6.08. The first kappa shape index (κ1) is 38.4. The first-order valence-electron chi connectivity index (χ1n) is 18.6. The van der Waals surface area contributed by atoms with Gasteiger partial charge in [-0.25, -0.2) is 0 Å². The second kappa shape index (κ2) is 12.4. The highest BCUT2D eigenvalue weighted by molar-refractivity contribution is 8.24. The normalized spacial score (nSPS) is 43.3. The lowest BCUT2D eigenvalue weighted by atomic mass is 9.32. The molecule has 1 heterocycles. The molecule has 9 atom stereocenters. The lowest BCUT2D eigenvalue weighted by Crippen LogP contribution is -2.66. The summed E-state index contributed by atoms with van der Waals surface area (Å²) in [4.78, 5) is 16.6. The van der Waals surface area contributed by atoms with E-state index in [0.29, 0.717) is 50.0 Å². The van der Waals surface area contributed by atoms with Crippen molar-refractivity contribution in [2.45, 2.75) is 105 Å². The second-order valence-corrected chi connectivity index (χ2v) is 22.1. The minimum absolute atomic E-state index is 0.0488. The Morgan fingerprint density at radius 3 is 2.28 bits per heavy atom. The molecule has 3 N–H and O–H groups in total. The van der Waals surface area contributed by atoms with E-state index in [1.807, 2.05) is 13.8 Å². The third-order valence-corrected chi connectivity index (χ3v) is 18.3. The summed E-state index contributed by atoms with van der Waals surface area (Å²) in [5.74, 6) is 1.82. The fourth-order valence-corrected chi connectivity index (χ4v) is 14.8. The number of hydrogen-bond acceptors (Lipinski definition) is 7. The highest BCUT2D eigenvalue weighted by Gasteiger charge is 2.72. The number of rotatable bonds is 7. The van der Waals surface area contributed by atoms with Gasteiger partial charge < -0.3 is 9.50 Å². The third-order valence-electron chi connectivity index (χ3n) is 15.7. The van der Waals surface area contributed by atoms with E-state index >= 15 is 0 Å². The molecule has 0 aromatic heterocycles. The molecule has 286 valence electrons. The maximum atomic E-state index is 14.4. The van der Waals surface area contributed by atoms with Gasteiger partial charge in [-0.05, 0) is 117 Å². The number of amides is 1. The van der Waals surface area contributed by atoms with Gasteiger partial charge in [-0.15, -0.1) is 0 Å². The summed E-state index contributed by atoms with van der Waals surface area (Å²) >= 11 is 0. The standard InChI is InChI=1S/C37H59F3N2O6S2/c1-24(2)25-10-15-36(31(43)41-18-19-42-20-22-49(44,45)23-21-42)17-16-34(6)26(30(25)36)8-9-28-33(5)13-12-29(48-50(46,47)37(38,39)40)32(3,4)27(33)11-14-35(28,34)7/h12,25-28,30,44-45H,1,8-11,13-23H2,2-7H3,(H,41,43)/t25-,26+,27-,28+,30+,33-,34+,35+,36-/m0/s1. The zero-order valence-electron chi connectivity index (χ0n) is 30.7. The van der Waals surface area contributed by atoms with E-state index in [4.69, 9.17) is 4.18 Å². The smallest absolute Gasteiger partial charge is 0.380 e. The summed E-state index contributed by atoms with van der Waals surface area (Å²) < 4.78 is 89.0. The van der Waals surface area contributed by atoms with Crippen LogP contribution < -0.4 is 5.32 Å². The molecular formula is C37H59F3N2O6S2. The summed E-state index contributed by atoms with van der Waals surface area (Å²) in [5, 5.41) is 3.34. The molecule has 1 aliphatic heterocycles. The molecule has 5 fully saturated rings. The van der Waals surface area contributed by atoms with Gasteiger partial charge in [0.05, 0.1) is 16.9 Å². The first-order valence-corrected chi connectivity index (χ1v) is 21.9. The fourth-order valence-electron chi connectivity index (χ4n) is 12.9. The number of carbonyl (C=O) groups excluding carboxylic acids is 1. The van der Waals surface area contributed by atoms with Crippen LogP contribution in [-0.2, 0) is 19.1 Å². The van der Waals surface area contributed by atoms with Crippen LogP contribution in [0.3, 0.4) is 0 Å². The van der Waals surface area contributed by atoms with Gasteiger partial charge in [-0.2, -0.15) is 32.2 Å². The highest BCUT2D eigenvalue weighted by Crippen LogP contribution is 2.77. The highest BCUT2D eigenvalue weighted by atomic mass is 32.3. The molecule has 6 aliphatic rings. The van der Waals surface area contributed by atoms with Crippen molar-refractivity contribution in [3.8, 4) is 0 Å². The quantitative estimate of drug-likeness (QED) is 0.137. The van der Waals surface area contributed by atoms with Crippen LogP contribution in [0, 0.1) is 56.7 Å². The van der Waals surface area contributed by atoms with E-state index in [-0.39, 0.29) is 51.6 Å². The molecular weight excluding hydrogens is 690 g/mol. The van der Waals surface area contributed by atoms with Crippen molar-refractivity contribution < 1.29 is 39.7 Å². The van der Waals surface area contributed by atoms with Crippen molar-refractivity contribution in [3.05, 3.63) is 24.0 Å². The van der Waals surface area contributed by atoms with Crippen molar-refractivity contribution in [3.63, 3.8) is 0 Å². The van der Waals surface area contributed by atoms with Gasteiger partial charge in [0.2, 0.25) is 5.91 Å². The Hall–Kier alpha value is -1.28. The molecule has 50 heavy (non-hydrogen) atoms. The molecule has 0 unspecified atom stereocenters. The predicted octanol–water partition coefficient (Wildman–Crippen LogP) is 8.19. The maximum absolute atomic E-state index is 14.4. The van der Waals surface area contributed by atoms with Gasteiger partial charge in [0, 0.05) is 31.6 Å². The number of nitrogens with zero attached hydrogens (tertiary/aromatic N) is 1. The number of nitrogens with one attached hydrogen (secondary N) is 1. The van der Waals surface area contributed by atoms with Crippen LogP contribution in [0.25, 0.3) is 0 Å². The van der Waals surface area contributed by atoms with E-state index in [1.54, 1.807) is 6.08 Å². The van der Waals surface area contributed by atoms with Crippen LogP contribution in [0.2, 0.25) is 0 Å². The molecule has 0 spiro atoms. The van der Waals surface area contributed by atoms with Crippen LogP contribution in [0.4, 0.5) is 13.2 Å². The molecule has 6 rings (SSSR count). The monoisotopic (exact) mass is 748 g/mol. The predicted molar refractivity (Wildman–Crippen MR) is 191 cm³/mol. The SMILES string of the molecule is C=C(C)[C@@H]1CC[C@]2(C(=O)NCCN3CCS(O)(O)CC3)CC[C@]3(C)[C@H](CC[C@@H]4[C@@]5(C)CC=C(OS(=O)(=O)C(F)(F)F)C(C)(C)[C@@H]5CC[C@]43C)[C@@H]12. The van der Waals surface area contributed by atoms with E-state index in [1.165, 1.54) is 0 Å². The van der Waals surface area contributed by atoms with Crippen molar-refractivity contribution in [1.82, 2.24) is 10.2 Å². The molecule has 0 aromatic rings. The van der Waals surface area contributed by atoms with E-state index in [2.05, 4.69) is 44.5 Å². The van der Waals surface area contributed by atoms with Crippen LogP contribution in [0.15, 0.2) is 24.0 Å². The van der Waals surface area contributed by atoms with Gasteiger partial charge in [0.1, 0.15) is 5.76 Å². The van der Waals surface area contributed by atoms with Gasteiger partial charge in [0.25, 0.3) is 0 Å². The maximum Gasteiger partial charge on any atom is 0.534 e. The Bertz CT molecular complexity index is 1520. The molecule has 1 saturated heterocycles. The van der Waals surface area contributed by atoms with Crippen molar-refractivity contribution >= 4 is 26.6 Å². The van der Waals surface area contributed by atoms with E-state index < -0.39 is 37.0 Å². The van der Waals surface area contributed by atoms with E-state index in [0.717, 1.165) is 56.9 Å². The lowest BCUT2D eigenvalue weighted by molar-refractivity contribution is -0.228. The molecule has 0 aromatic carbocycles. The molecule has 5 aliphatic carbocycles. The molecule has 13 heteroatoms. The fraction of sp³-hybridized carbons (Fsp3) is 0.865. The molecule has 1 amide bonds. The Labute approximate surface area is 298 Å². The summed E-state index contributed by atoms with van der Waals surface area (Å²) in [6.45, 7) is 19.9. The van der Waals surface area contributed by atoms with Crippen LogP contribution in [-0.4, -0.2) is 71.5 Å². The summed E-state index contributed by atoms with van der Waals surface area (Å²) in [6, 6.07) is 0. The average Bonchev–Trinajstić information content (AvgIpc) is 3.41. The molecule has 0 radical (unpaired) electrons. The minimum Gasteiger partial charge on any atom is -0.380 e. The minimum atomic E-state index is -5.76. The lowest BCUT2D eigenvalue weighted by Gasteiger charge is -2.72. The number of carbonyl (C=O) groups is 1. The summed E-state index contributed by atoms with van der Waals surface area (Å²) in [6.07, 6.45) is 9.20. The van der Waals surface area contributed by atoms with Gasteiger partial charge >= 0.3 is 15.6 Å². The number of allylic oxidation sites excluding steroid dienone is 3. The van der Waals surface area contributed by atoms with Gasteiger partial charge in [0.15, 0.2) is 0 Å². The third kappa shape index (κ3) is 5.80. The first-order chi connectivity index (χ1) is 23.0. The topological polar surface area (TPSA) is 116 Å². The molecule has 0 bridgehead atoms. The number of alkyl halides is 3. The van der Waals surface area contributed by atoms with Crippen molar-refractivity contribution in [2.75, 3.05) is 37.7 Å². The van der Waals surface area contributed by atoms with E-state index in [9.17, 15) is 35.5 Å². The van der Waals surface area contributed by atoms with Crippen LogP contribution in [0.1, 0.15) is 99.3 Å². The largest absolute Gasteiger partial charge is 0.534 e. The molecule has 8 nitrogen and oxygen atoms in total. The average molecular weight is 749 g/mol. The van der Waals surface area contributed by atoms with Gasteiger partial charge in [-0.3, -0.25) is 18.8 Å². The second-order valence-electron chi connectivity index (χ2n) is 18.1. The zero-order chi connectivity index (χ0) is 36.9. The van der Waals surface area contributed by atoms with Crippen molar-refractivity contribution in [2.24, 2.45) is 56.7 Å². The zero-order valence-corrected chi connectivity index (χ0v) is 32.3. The van der Waals surface area contributed by atoms with Gasteiger partial charge in [-0.1, -0.05) is 46.8 Å². The van der Waals surface area contributed by atoms with Crippen molar-refractivity contribution in [1.29, 1.82) is 0 Å². The summed E-state index contributed by atoms with van der Waals surface area (Å²) in [7, 11) is -8.23. The Morgan fingerprint density at radius 2 is 1.66 bits per heavy atom. The Balaban J connectivity index is 1.25. The van der Waals surface area contributed by atoms with Crippen LogP contribution >= 0.6 is 10.6 Å². The Kier molecular flexibility index (Phi) is 9.52. The van der Waals surface area contributed by atoms with Crippen LogP contribution in [0.5, 0.6) is 0 Å².